The molecule has 0 saturated carbocycles. The average molecular weight is 898 g/mol. The van der Waals surface area contributed by atoms with Gasteiger partial charge in [0, 0.05) is 17.1 Å². The minimum Gasteiger partial charge on any atom is -0.310 e. The highest BCUT2D eigenvalue weighted by molar-refractivity contribution is 6.08. The monoisotopic (exact) mass is 897 g/mol. The van der Waals surface area contributed by atoms with Gasteiger partial charge in [-0.25, -0.2) is 0 Å². The Labute approximate surface area is 413 Å². The summed E-state index contributed by atoms with van der Waals surface area (Å²) in [4.78, 5) is 2.52. The third-order valence-electron chi connectivity index (χ3n) is 16.7. The zero-order valence-corrected chi connectivity index (χ0v) is 38.8. The van der Waals surface area contributed by atoms with Crippen molar-refractivity contribution in [1.82, 2.24) is 0 Å². The fourth-order valence-electron chi connectivity index (χ4n) is 13.9. The fourth-order valence-corrected chi connectivity index (χ4v) is 13.9. The number of hydrogen-bond donors (Lipinski definition) is 0. The lowest BCUT2D eigenvalue weighted by molar-refractivity contribution is 0.793. The first-order valence-corrected chi connectivity index (χ1v) is 24.9. The fraction of sp³-hybridized carbons (Fsp3) is 0.0286. The third kappa shape index (κ3) is 4.95. The van der Waals surface area contributed by atoms with Crippen LogP contribution in [0, 0.1) is 0 Å². The van der Waals surface area contributed by atoms with Gasteiger partial charge < -0.3 is 4.90 Å². The van der Waals surface area contributed by atoms with Crippen LogP contribution in [0.4, 0.5) is 17.1 Å². The van der Waals surface area contributed by atoms with Crippen molar-refractivity contribution in [2.45, 2.75) is 10.8 Å². The second-order valence-electron chi connectivity index (χ2n) is 19.8. The van der Waals surface area contributed by atoms with Gasteiger partial charge in [-0.05, 0) is 158 Å². The van der Waals surface area contributed by atoms with Crippen LogP contribution in [0.15, 0.2) is 261 Å². The summed E-state index contributed by atoms with van der Waals surface area (Å²) >= 11 is 0. The van der Waals surface area contributed by atoms with Gasteiger partial charge in [0.05, 0.1) is 10.8 Å². The quantitative estimate of drug-likeness (QED) is 0.170. The van der Waals surface area contributed by atoms with Crippen LogP contribution in [-0.4, -0.2) is 0 Å². The Morgan fingerprint density at radius 1 is 0.225 bits per heavy atom. The maximum atomic E-state index is 2.54. The van der Waals surface area contributed by atoms with Crippen LogP contribution >= 0.6 is 0 Å². The Morgan fingerprint density at radius 3 is 1.13 bits per heavy atom. The van der Waals surface area contributed by atoms with E-state index < -0.39 is 10.8 Å². The van der Waals surface area contributed by atoms with Crippen LogP contribution in [0.3, 0.4) is 0 Å². The van der Waals surface area contributed by atoms with E-state index in [0.29, 0.717) is 0 Å². The molecule has 4 aliphatic rings. The molecule has 12 aromatic rings. The predicted molar refractivity (Wildman–Crippen MR) is 294 cm³/mol. The molecule has 0 saturated heterocycles. The highest BCUT2D eigenvalue weighted by atomic mass is 15.1. The summed E-state index contributed by atoms with van der Waals surface area (Å²) in [6.07, 6.45) is 0. The first-order valence-electron chi connectivity index (χ1n) is 24.9. The highest BCUT2D eigenvalue weighted by Crippen LogP contribution is 2.66. The molecule has 0 N–H and O–H groups in total. The normalized spacial score (nSPS) is 15.5. The van der Waals surface area contributed by atoms with Crippen molar-refractivity contribution < 1.29 is 0 Å². The van der Waals surface area contributed by atoms with Crippen molar-refractivity contribution in [3.05, 3.63) is 305 Å². The molecule has 0 radical (unpaired) electrons. The lowest BCUT2D eigenvalue weighted by atomic mass is 9.70. The van der Waals surface area contributed by atoms with Gasteiger partial charge in [0.2, 0.25) is 0 Å². The summed E-state index contributed by atoms with van der Waals surface area (Å²) < 4.78 is 0. The zero-order chi connectivity index (χ0) is 46.4. The molecule has 2 spiro atoms. The maximum absolute atomic E-state index is 2.54. The molecule has 1 nitrogen and oxygen atoms in total. The second kappa shape index (κ2) is 14.3. The maximum Gasteiger partial charge on any atom is 0.0726 e. The minimum absolute atomic E-state index is 0.510. The molecule has 0 heterocycles. The minimum atomic E-state index is -0.511. The van der Waals surface area contributed by atoms with Gasteiger partial charge in [-0.3, -0.25) is 0 Å². The predicted octanol–water partition coefficient (Wildman–Crippen LogP) is 17.8. The largest absolute Gasteiger partial charge is 0.310 e. The number of benzene rings is 12. The van der Waals surface area contributed by atoms with Crippen LogP contribution in [0.5, 0.6) is 0 Å². The van der Waals surface area contributed by atoms with Crippen LogP contribution in [-0.2, 0) is 10.8 Å². The molecule has 0 aromatic heterocycles. The topological polar surface area (TPSA) is 3.24 Å². The molecule has 0 aliphatic heterocycles. The molecule has 1 unspecified atom stereocenters. The molecule has 0 fully saturated rings. The number of hydrogen-bond acceptors (Lipinski definition) is 1. The number of nitrogens with zero attached hydrogens (tertiary/aromatic N) is 1. The van der Waals surface area contributed by atoms with Gasteiger partial charge >= 0.3 is 0 Å². The van der Waals surface area contributed by atoms with E-state index in [-0.39, 0.29) is 0 Å². The van der Waals surface area contributed by atoms with E-state index in [1.807, 2.05) is 0 Å². The first-order chi connectivity index (χ1) is 35.2. The van der Waals surface area contributed by atoms with Crippen molar-refractivity contribution in [3.63, 3.8) is 0 Å². The van der Waals surface area contributed by atoms with Crippen molar-refractivity contribution in [2.75, 3.05) is 4.90 Å². The molecule has 71 heavy (non-hydrogen) atoms. The molecular weight excluding hydrogens is 855 g/mol. The molecule has 328 valence electrons. The number of anilines is 3. The third-order valence-corrected chi connectivity index (χ3v) is 16.7. The van der Waals surface area contributed by atoms with Crippen molar-refractivity contribution in [1.29, 1.82) is 0 Å². The van der Waals surface area contributed by atoms with Crippen LogP contribution in [0.2, 0.25) is 0 Å². The van der Waals surface area contributed by atoms with E-state index in [1.165, 1.54) is 122 Å². The molecule has 1 heteroatoms. The first kappa shape index (κ1) is 38.9. The Morgan fingerprint density at radius 2 is 0.592 bits per heavy atom. The van der Waals surface area contributed by atoms with Gasteiger partial charge in [0.1, 0.15) is 0 Å². The van der Waals surface area contributed by atoms with Gasteiger partial charge in [0.15, 0.2) is 0 Å². The SMILES string of the molecule is c1ccc(-c2ccc(N(c3ccc4c(c3)C3(c5ccccc5-4)c4ccccc4-c4c3ccc3ccccc43)c3ccc4c(c3)C3(c5ccccc5-c5ccccc53)c3ccc5ccccc5c3-4)cc2)cc1. The van der Waals surface area contributed by atoms with Crippen molar-refractivity contribution in [3.8, 4) is 55.6 Å². The lowest BCUT2D eigenvalue weighted by Gasteiger charge is -2.33. The van der Waals surface area contributed by atoms with Crippen LogP contribution in [0.1, 0.15) is 44.5 Å². The van der Waals surface area contributed by atoms with E-state index in [1.54, 1.807) is 0 Å². The standard InChI is InChI=1S/C70H43N/c1-2-16-44(17-3-1)45-30-34-48(35-31-45)71(49-36-38-56-55-24-10-14-28-61(55)70(65(56)42-49)62-29-15-11-25-57(62)67-51-20-6-4-18-46(51)32-40-63(67)70)50-37-39-58-66(43-50)69(64-41-33-47-19-5-7-21-52(47)68(58)64)59-26-12-8-22-53(59)54-23-9-13-27-60(54)69/h1-43H. The summed E-state index contributed by atoms with van der Waals surface area (Å²) in [6, 6.07) is 98.6. The Kier molecular flexibility index (Phi) is 7.81. The summed E-state index contributed by atoms with van der Waals surface area (Å²) in [5.41, 5.74) is 25.9. The molecule has 4 aliphatic carbocycles. The van der Waals surface area contributed by atoms with E-state index in [4.69, 9.17) is 0 Å². The lowest BCUT2D eigenvalue weighted by Crippen LogP contribution is -2.26. The Bertz CT molecular complexity index is 4190. The molecule has 16 rings (SSSR count). The molecule has 1 atom stereocenters. The van der Waals surface area contributed by atoms with Gasteiger partial charge in [-0.1, -0.05) is 224 Å². The molecular formula is C70H43N. The van der Waals surface area contributed by atoms with Gasteiger partial charge in [-0.15, -0.1) is 0 Å². The van der Waals surface area contributed by atoms with Gasteiger partial charge in [0.25, 0.3) is 0 Å². The Balaban J connectivity index is 0.977. The smallest absolute Gasteiger partial charge is 0.0726 e. The molecule has 0 bridgehead atoms. The van der Waals surface area contributed by atoms with Crippen molar-refractivity contribution in [2.24, 2.45) is 0 Å². The van der Waals surface area contributed by atoms with Gasteiger partial charge in [-0.2, -0.15) is 0 Å². The molecule has 12 aromatic carbocycles. The van der Waals surface area contributed by atoms with E-state index >= 15 is 0 Å². The van der Waals surface area contributed by atoms with Crippen LogP contribution in [0.25, 0.3) is 77.2 Å². The second-order valence-corrected chi connectivity index (χ2v) is 19.8. The summed E-state index contributed by atoms with van der Waals surface area (Å²) in [5.74, 6) is 0. The van der Waals surface area contributed by atoms with E-state index in [0.717, 1.165) is 17.1 Å². The average Bonchev–Trinajstić information content (AvgIpc) is 4.13. The summed E-state index contributed by atoms with van der Waals surface area (Å²) in [5, 5.41) is 5.11. The zero-order valence-electron chi connectivity index (χ0n) is 38.8. The highest BCUT2D eigenvalue weighted by Gasteiger charge is 2.54. The molecule has 0 amide bonds. The van der Waals surface area contributed by atoms with E-state index in [2.05, 4.69) is 266 Å². The van der Waals surface area contributed by atoms with E-state index in [9.17, 15) is 0 Å². The van der Waals surface area contributed by atoms with Crippen molar-refractivity contribution >= 4 is 38.6 Å². The van der Waals surface area contributed by atoms with Crippen LogP contribution < -0.4 is 4.90 Å². The summed E-state index contributed by atoms with van der Waals surface area (Å²) in [7, 11) is 0. The number of fused-ring (bicyclic) bond motifs is 24. The Hall–Kier alpha value is -9.04. The number of rotatable bonds is 4. The summed E-state index contributed by atoms with van der Waals surface area (Å²) in [6.45, 7) is 0.